The zero-order chi connectivity index (χ0) is 21.5. The molecule has 2 heterocycles. The van der Waals surface area contributed by atoms with Crippen molar-refractivity contribution in [3.8, 4) is 11.8 Å². The summed E-state index contributed by atoms with van der Waals surface area (Å²) >= 11 is 0. The van der Waals surface area contributed by atoms with Gasteiger partial charge in [0.2, 0.25) is 0 Å². The van der Waals surface area contributed by atoms with Crippen molar-refractivity contribution in [1.29, 1.82) is 5.26 Å². The molecule has 154 valence electrons. The van der Waals surface area contributed by atoms with Gasteiger partial charge in [0.25, 0.3) is 0 Å². The molecule has 1 aliphatic rings. The Morgan fingerprint density at radius 2 is 2.00 bits per heavy atom. The van der Waals surface area contributed by atoms with E-state index in [1.807, 2.05) is 50.7 Å². The molecule has 30 heavy (non-hydrogen) atoms. The van der Waals surface area contributed by atoms with Gasteiger partial charge in [-0.15, -0.1) is 0 Å². The quantitative estimate of drug-likeness (QED) is 0.692. The first kappa shape index (κ1) is 20.0. The number of aliphatic hydroxyl groups is 1. The number of anilines is 1. The summed E-state index contributed by atoms with van der Waals surface area (Å²) in [4.78, 5) is 0. The molecule has 3 aromatic rings. The van der Waals surface area contributed by atoms with E-state index in [9.17, 15) is 10.4 Å². The number of nitriles is 1. The van der Waals surface area contributed by atoms with E-state index in [0.29, 0.717) is 17.7 Å². The minimum absolute atomic E-state index is 0.411. The lowest BCUT2D eigenvalue weighted by atomic mass is 9.85. The van der Waals surface area contributed by atoms with Gasteiger partial charge in [-0.1, -0.05) is 18.2 Å². The number of aromatic nitrogens is 2. The number of para-hydroxylation sites is 1. The van der Waals surface area contributed by atoms with Crippen molar-refractivity contribution in [2.45, 2.75) is 44.9 Å². The first-order valence-corrected chi connectivity index (χ1v) is 10.0. The number of nitrogens with one attached hydrogen (secondary N) is 1. The van der Waals surface area contributed by atoms with E-state index < -0.39 is 17.7 Å². The van der Waals surface area contributed by atoms with Crippen molar-refractivity contribution in [3.05, 3.63) is 76.6 Å². The van der Waals surface area contributed by atoms with Crippen LogP contribution in [0.25, 0.3) is 0 Å². The van der Waals surface area contributed by atoms with Crippen molar-refractivity contribution in [3.63, 3.8) is 0 Å². The third-order valence-corrected chi connectivity index (χ3v) is 5.67. The Labute approximate surface area is 176 Å². The highest BCUT2D eigenvalue weighted by Gasteiger charge is 2.43. The lowest BCUT2D eigenvalue weighted by Crippen LogP contribution is -2.50. The van der Waals surface area contributed by atoms with E-state index in [4.69, 9.17) is 4.74 Å². The molecular formula is C24H26N4O2. The summed E-state index contributed by atoms with van der Waals surface area (Å²) in [5, 5.41) is 28.4. The SMILES string of the molecule is Cc1cc(Cc2ccccc2N[C@H]2c3cc(C#N)ccc3OC(C)(C)[C@@H]2O)n(C)n1. The second-order valence-electron chi connectivity index (χ2n) is 8.37. The van der Waals surface area contributed by atoms with E-state index in [-0.39, 0.29) is 0 Å². The van der Waals surface area contributed by atoms with Crippen LogP contribution in [0.3, 0.4) is 0 Å². The third kappa shape index (κ3) is 3.64. The number of hydrogen-bond donors (Lipinski definition) is 2. The van der Waals surface area contributed by atoms with Crippen LogP contribution in [-0.2, 0) is 13.5 Å². The standard InChI is InChI=1S/C24H26N4O2/c1-15-11-18(28(4)27-15)13-17-7-5-6-8-20(17)26-22-19-12-16(14-25)9-10-21(19)30-24(2,3)23(22)29/h5-12,22-23,26,29H,13H2,1-4H3/t22-,23+/m0/s1. The zero-order valence-corrected chi connectivity index (χ0v) is 17.7. The second kappa shape index (κ2) is 7.51. The summed E-state index contributed by atoms with van der Waals surface area (Å²) in [5.41, 5.74) is 4.69. The van der Waals surface area contributed by atoms with Crippen LogP contribution < -0.4 is 10.1 Å². The highest BCUT2D eigenvalue weighted by molar-refractivity contribution is 5.57. The fourth-order valence-corrected chi connectivity index (χ4v) is 4.03. The predicted octanol–water partition coefficient (Wildman–Crippen LogP) is 3.88. The van der Waals surface area contributed by atoms with Gasteiger partial charge in [0.1, 0.15) is 17.5 Å². The molecular weight excluding hydrogens is 376 g/mol. The van der Waals surface area contributed by atoms with Crippen LogP contribution in [0.2, 0.25) is 0 Å². The molecule has 2 aromatic carbocycles. The van der Waals surface area contributed by atoms with Gasteiger partial charge in [0.15, 0.2) is 0 Å². The Bertz CT molecular complexity index is 1130. The molecule has 0 spiro atoms. The number of fused-ring (bicyclic) bond motifs is 1. The van der Waals surface area contributed by atoms with Gasteiger partial charge in [0.05, 0.1) is 23.4 Å². The molecule has 1 aromatic heterocycles. The Morgan fingerprint density at radius 1 is 1.23 bits per heavy atom. The van der Waals surface area contributed by atoms with E-state index in [1.165, 1.54) is 0 Å². The molecule has 0 amide bonds. The van der Waals surface area contributed by atoms with E-state index in [0.717, 1.165) is 28.2 Å². The highest BCUT2D eigenvalue weighted by Crippen LogP contribution is 2.42. The maximum absolute atomic E-state index is 11.1. The predicted molar refractivity (Wildman–Crippen MR) is 115 cm³/mol. The van der Waals surface area contributed by atoms with Crippen LogP contribution in [0.5, 0.6) is 5.75 Å². The first-order valence-electron chi connectivity index (χ1n) is 10.0. The summed E-state index contributed by atoms with van der Waals surface area (Å²) in [6.45, 7) is 5.73. The van der Waals surface area contributed by atoms with E-state index in [2.05, 4.69) is 28.6 Å². The van der Waals surface area contributed by atoms with Crippen molar-refractivity contribution in [2.24, 2.45) is 7.05 Å². The topological polar surface area (TPSA) is 83.1 Å². The van der Waals surface area contributed by atoms with E-state index in [1.54, 1.807) is 18.2 Å². The minimum Gasteiger partial charge on any atom is -0.485 e. The van der Waals surface area contributed by atoms with Crippen molar-refractivity contribution < 1.29 is 9.84 Å². The molecule has 0 radical (unpaired) electrons. The Hall–Kier alpha value is -3.30. The van der Waals surface area contributed by atoms with Crippen LogP contribution >= 0.6 is 0 Å². The molecule has 0 aliphatic carbocycles. The Balaban J connectivity index is 1.72. The van der Waals surface area contributed by atoms with Crippen molar-refractivity contribution >= 4 is 5.69 Å². The zero-order valence-electron chi connectivity index (χ0n) is 17.7. The number of benzene rings is 2. The van der Waals surface area contributed by atoms with Crippen LogP contribution in [0.15, 0.2) is 48.5 Å². The van der Waals surface area contributed by atoms with Crippen molar-refractivity contribution in [2.75, 3.05) is 5.32 Å². The average Bonchev–Trinajstić information content (AvgIpc) is 3.03. The number of aliphatic hydroxyl groups excluding tert-OH is 1. The molecule has 6 nitrogen and oxygen atoms in total. The lowest BCUT2D eigenvalue weighted by Gasteiger charge is -2.43. The molecule has 1 aliphatic heterocycles. The normalized spacial score (nSPS) is 19.5. The molecule has 0 saturated carbocycles. The molecule has 2 atom stereocenters. The highest BCUT2D eigenvalue weighted by atomic mass is 16.5. The lowest BCUT2D eigenvalue weighted by molar-refractivity contribution is -0.0532. The maximum atomic E-state index is 11.1. The summed E-state index contributed by atoms with van der Waals surface area (Å²) in [5.74, 6) is 0.682. The number of hydrogen-bond acceptors (Lipinski definition) is 5. The van der Waals surface area contributed by atoms with Gasteiger partial charge >= 0.3 is 0 Å². The largest absolute Gasteiger partial charge is 0.485 e. The van der Waals surface area contributed by atoms with Crippen LogP contribution in [0.4, 0.5) is 5.69 Å². The number of aryl methyl sites for hydroxylation is 2. The fraction of sp³-hybridized carbons (Fsp3) is 0.333. The Morgan fingerprint density at radius 3 is 2.70 bits per heavy atom. The molecule has 0 unspecified atom stereocenters. The summed E-state index contributed by atoms with van der Waals surface area (Å²) in [6, 6.07) is 17.3. The number of nitrogens with zero attached hydrogens (tertiary/aromatic N) is 3. The second-order valence-corrected chi connectivity index (χ2v) is 8.37. The molecule has 6 heteroatoms. The minimum atomic E-state index is -0.800. The molecule has 0 fully saturated rings. The summed E-state index contributed by atoms with van der Waals surface area (Å²) in [6.07, 6.45) is -0.0835. The third-order valence-electron chi connectivity index (χ3n) is 5.67. The van der Waals surface area contributed by atoms with Crippen molar-refractivity contribution in [1.82, 2.24) is 9.78 Å². The monoisotopic (exact) mass is 402 g/mol. The number of ether oxygens (including phenoxy) is 1. The van der Waals surface area contributed by atoms with Gasteiger partial charge in [-0.25, -0.2) is 0 Å². The fourth-order valence-electron chi connectivity index (χ4n) is 4.03. The van der Waals surface area contributed by atoms with Crippen LogP contribution in [0.1, 0.15) is 48.0 Å². The molecule has 2 N–H and O–H groups in total. The van der Waals surface area contributed by atoms with Gasteiger partial charge in [-0.2, -0.15) is 10.4 Å². The van der Waals surface area contributed by atoms with Gasteiger partial charge in [0, 0.05) is 30.4 Å². The van der Waals surface area contributed by atoms with E-state index >= 15 is 0 Å². The summed E-state index contributed by atoms with van der Waals surface area (Å²) < 4.78 is 7.93. The average molecular weight is 402 g/mol. The van der Waals surface area contributed by atoms with Gasteiger partial charge in [-0.3, -0.25) is 4.68 Å². The molecule has 0 saturated heterocycles. The van der Waals surface area contributed by atoms with Gasteiger partial charge < -0.3 is 15.2 Å². The maximum Gasteiger partial charge on any atom is 0.132 e. The molecule has 0 bridgehead atoms. The molecule has 4 rings (SSSR count). The van der Waals surface area contributed by atoms with Crippen LogP contribution in [0, 0.1) is 18.3 Å². The Kier molecular flexibility index (Phi) is 5.00. The number of rotatable bonds is 4. The summed E-state index contributed by atoms with van der Waals surface area (Å²) in [7, 11) is 1.95. The smallest absolute Gasteiger partial charge is 0.132 e. The first-order chi connectivity index (χ1) is 14.3. The van der Waals surface area contributed by atoms with Crippen LogP contribution in [-0.4, -0.2) is 26.6 Å². The van der Waals surface area contributed by atoms with Gasteiger partial charge in [-0.05, 0) is 56.7 Å².